The molecule has 1 aliphatic heterocycles. The Morgan fingerprint density at radius 2 is 2.00 bits per heavy atom. The summed E-state index contributed by atoms with van der Waals surface area (Å²) in [5, 5.41) is 0. The third-order valence-corrected chi connectivity index (χ3v) is 1.84. The van der Waals surface area contributed by atoms with E-state index in [0.717, 1.165) is 19.6 Å². The van der Waals surface area contributed by atoms with Crippen LogP contribution in [0.2, 0.25) is 0 Å². The zero-order valence-electron chi connectivity index (χ0n) is 7.02. The zero-order chi connectivity index (χ0) is 7.61. The lowest BCUT2D eigenvalue weighted by Crippen LogP contribution is -2.18. The molecule has 2 nitrogen and oxygen atoms in total. The molecule has 0 aromatic rings. The van der Waals surface area contributed by atoms with Crippen LogP contribution in [0.3, 0.4) is 0 Å². The van der Waals surface area contributed by atoms with E-state index in [0.29, 0.717) is 5.41 Å². The van der Waals surface area contributed by atoms with Gasteiger partial charge in [-0.25, -0.2) is 0 Å². The minimum absolute atomic E-state index is 0.0122. The van der Waals surface area contributed by atoms with E-state index in [9.17, 15) is 0 Å². The van der Waals surface area contributed by atoms with Crippen LogP contribution in [0.1, 0.15) is 27.2 Å². The molecule has 1 saturated heterocycles. The number of ether oxygens (including phenoxy) is 2. The summed E-state index contributed by atoms with van der Waals surface area (Å²) >= 11 is 0. The maximum Gasteiger partial charge on any atom is 0.154 e. The van der Waals surface area contributed by atoms with Gasteiger partial charge in [-0.05, 0) is 18.8 Å². The molecule has 0 spiro atoms. The Morgan fingerprint density at radius 3 is 2.70 bits per heavy atom. The van der Waals surface area contributed by atoms with Crippen LogP contribution in [0, 0.1) is 5.41 Å². The van der Waals surface area contributed by atoms with E-state index < -0.39 is 0 Å². The van der Waals surface area contributed by atoms with Crippen LogP contribution in [-0.2, 0) is 9.47 Å². The fourth-order valence-electron chi connectivity index (χ4n) is 0.964. The van der Waals surface area contributed by atoms with Gasteiger partial charge in [-0.15, -0.1) is 0 Å². The molecule has 0 N–H and O–H groups in total. The number of hydrogen-bond acceptors (Lipinski definition) is 2. The van der Waals surface area contributed by atoms with Crippen molar-refractivity contribution >= 4 is 0 Å². The molecule has 0 amide bonds. The third-order valence-electron chi connectivity index (χ3n) is 1.84. The lowest BCUT2D eigenvalue weighted by Gasteiger charge is -2.19. The van der Waals surface area contributed by atoms with Crippen LogP contribution in [0.25, 0.3) is 0 Å². The lowest BCUT2D eigenvalue weighted by atomic mass is 9.91. The first kappa shape index (κ1) is 8.02. The second-order valence-corrected chi connectivity index (χ2v) is 3.66. The minimum Gasteiger partial charge on any atom is -0.353 e. The van der Waals surface area contributed by atoms with Crippen molar-refractivity contribution in [1.29, 1.82) is 0 Å². The van der Waals surface area contributed by atoms with Gasteiger partial charge < -0.3 is 9.47 Å². The van der Waals surface area contributed by atoms with Crippen molar-refractivity contribution < 1.29 is 9.47 Å². The summed E-state index contributed by atoms with van der Waals surface area (Å²) in [6.07, 6.45) is 1.08. The highest BCUT2D eigenvalue weighted by atomic mass is 16.7. The SMILES string of the molecule is CC1OCCC(C)(C)CO1. The Labute approximate surface area is 62.5 Å². The van der Waals surface area contributed by atoms with Crippen molar-refractivity contribution in [3.05, 3.63) is 0 Å². The van der Waals surface area contributed by atoms with Crippen molar-refractivity contribution in [2.45, 2.75) is 33.5 Å². The maximum atomic E-state index is 5.40. The highest BCUT2D eigenvalue weighted by Crippen LogP contribution is 2.24. The van der Waals surface area contributed by atoms with Gasteiger partial charge >= 0.3 is 0 Å². The second kappa shape index (κ2) is 2.89. The highest BCUT2D eigenvalue weighted by molar-refractivity contribution is 4.69. The Morgan fingerprint density at radius 1 is 1.30 bits per heavy atom. The molecule has 0 saturated carbocycles. The summed E-state index contributed by atoms with van der Waals surface area (Å²) in [6.45, 7) is 7.99. The maximum absolute atomic E-state index is 5.40. The normalized spacial score (nSPS) is 33.3. The quantitative estimate of drug-likeness (QED) is 0.516. The van der Waals surface area contributed by atoms with Crippen LogP contribution in [0.15, 0.2) is 0 Å². The smallest absolute Gasteiger partial charge is 0.154 e. The van der Waals surface area contributed by atoms with Crippen LogP contribution >= 0.6 is 0 Å². The predicted molar refractivity (Wildman–Crippen MR) is 39.8 cm³/mol. The molecule has 1 rings (SSSR count). The molecule has 0 radical (unpaired) electrons. The van der Waals surface area contributed by atoms with E-state index in [1.807, 2.05) is 6.92 Å². The molecule has 0 aliphatic carbocycles. The topological polar surface area (TPSA) is 18.5 Å². The van der Waals surface area contributed by atoms with E-state index in [1.54, 1.807) is 0 Å². The number of rotatable bonds is 0. The summed E-state index contributed by atoms with van der Waals surface area (Å²) in [4.78, 5) is 0. The Bertz CT molecular complexity index is 110. The molecule has 1 heterocycles. The van der Waals surface area contributed by atoms with Crippen molar-refractivity contribution in [1.82, 2.24) is 0 Å². The van der Waals surface area contributed by atoms with Crippen molar-refractivity contribution in [2.24, 2.45) is 5.41 Å². The molecule has 1 atom stereocenters. The van der Waals surface area contributed by atoms with Gasteiger partial charge in [0.2, 0.25) is 0 Å². The fraction of sp³-hybridized carbons (Fsp3) is 1.00. The summed E-state index contributed by atoms with van der Waals surface area (Å²) in [5.74, 6) is 0. The van der Waals surface area contributed by atoms with E-state index in [-0.39, 0.29) is 6.29 Å². The van der Waals surface area contributed by atoms with Gasteiger partial charge in [0.05, 0.1) is 13.2 Å². The molecule has 10 heavy (non-hydrogen) atoms. The van der Waals surface area contributed by atoms with E-state index in [4.69, 9.17) is 9.47 Å². The third kappa shape index (κ3) is 2.27. The van der Waals surface area contributed by atoms with Crippen LogP contribution in [0.4, 0.5) is 0 Å². The van der Waals surface area contributed by atoms with E-state index in [2.05, 4.69) is 13.8 Å². The summed E-state index contributed by atoms with van der Waals surface area (Å²) in [5.41, 5.74) is 0.296. The average Bonchev–Trinajstić information content (AvgIpc) is 1.94. The van der Waals surface area contributed by atoms with Gasteiger partial charge in [0.1, 0.15) is 0 Å². The van der Waals surface area contributed by atoms with E-state index >= 15 is 0 Å². The monoisotopic (exact) mass is 144 g/mol. The molecular weight excluding hydrogens is 128 g/mol. The van der Waals surface area contributed by atoms with Gasteiger partial charge in [-0.1, -0.05) is 13.8 Å². The van der Waals surface area contributed by atoms with Crippen molar-refractivity contribution in [3.63, 3.8) is 0 Å². The second-order valence-electron chi connectivity index (χ2n) is 3.66. The fourth-order valence-corrected chi connectivity index (χ4v) is 0.964. The summed E-state index contributed by atoms with van der Waals surface area (Å²) in [7, 11) is 0. The molecular formula is C8H16O2. The molecule has 1 fully saturated rings. The van der Waals surface area contributed by atoms with Gasteiger partial charge in [0.25, 0.3) is 0 Å². The van der Waals surface area contributed by atoms with Gasteiger partial charge in [0, 0.05) is 0 Å². The standard InChI is InChI=1S/C8H16O2/c1-7-9-5-4-8(2,3)6-10-7/h7H,4-6H2,1-3H3. The number of hydrogen-bond donors (Lipinski definition) is 0. The Kier molecular flexibility index (Phi) is 2.32. The molecule has 1 unspecified atom stereocenters. The largest absolute Gasteiger partial charge is 0.353 e. The van der Waals surface area contributed by atoms with Crippen LogP contribution in [0.5, 0.6) is 0 Å². The van der Waals surface area contributed by atoms with Gasteiger partial charge in [-0.2, -0.15) is 0 Å². The first-order valence-electron chi connectivity index (χ1n) is 3.83. The molecule has 0 aromatic carbocycles. The first-order chi connectivity index (χ1) is 4.60. The Balaban J connectivity index is 2.41. The summed E-state index contributed by atoms with van der Waals surface area (Å²) < 4.78 is 10.7. The summed E-state index contributed by atoms with van der Waals surface area (Å²) in [6, 6.07) is 0. The van der Waals surface area contributed by atoms with Gasteiger partial charge in [-0.3, -0.25) is 0 Å². The molecule has 1 aliphatic rings. The minimum atomic E-state index is -0.0122. The molecule has 0 bridgehead atoms. The molecule has 0 aromatic heterocycles. The Hall–Kier alpha value is -0.0800. The van der Waals surface area contributed by atoms with Crippen molar-refractivity contribution in [2.75, 3.05) is 13.2 Å². The first-order valence-corrected chi connectivity index (χ1v) is 3.83. The van der Waals surface area contributed by atoms with Crippen molar-refractivity contribution in [3.8, 4) is 0 Å². The van der Waals surface area contributed by atoms with Crippen LogP contribution in [-0.4, -0.2) is 19.5 Å². The highest BCUT2D eigenvalue weighted by Gasteiger charge is 2.22. The van der Waals surface area contributed by atoms with Gasteiger partial charge in [0.15, 0.2) is 6.29 Å². The molecule has 2 heteroatoms. The zero-order valence-corrected chi connectivity index (χ0v) is 7.02. The average molecular weight is 144 g/mol. The van der Waals surface area contributed by atoms with E-state index in [1.165, 1.54) is 0 Å². The molecule has 60 valence electrons. The lowest BCUT2D eigenvalue weighted by molar-refractivity contribution is -0.118. The predicted octanol–water partition coefficient (Wildman–Crippen LogP) is 1.80. The van der Waals surface area contributed by atoms with Crippen LogP contribution < -0.4 is 0 Å².